The number of fused-ring (bicyclic) bond motifs is 1. The van der Waals surface area contributed by atoms with Gasteiger partial charge in [-0.1, -0.05) is 6.07 Å². The fraction of sp³-hybridized carbons (Fsp3) is 0. The van der Waals surface area contributed by atoms with Crippen LogP contribution in [0.2, 0.25) is 0 Å². The average molecular weight is 254 g/mol. The summed E-state index contributed by atoms with van der Waals surface area (Å²) in [7, 11) is 0. The molecule has 3 aromatic rings. The first-order valence-electron chi connectivity index (χ1n) is 5.67. The largest absolute Gasteiger partial charge is 0.323 e. The number of carbonyl (C=O) groups is 1. The predicted molar refractivity (Wildman–Crippen MR) is 71.1 cm³/mol. The number of anilines is 1. The van der Waals surface area contributed by atoms with Crippen molar-refractivity contribution in [2.45, 2.75) is 0 Å². The lowest BCUT2D eigenvalue weighted by Crippen LogP contribution is -2.12. The third kappa shape index (κ3) is 2.23. The monoisotopic (exact) mass is 254 g/mol. The predicted octanol–water partition coefficient (Wildman–Crippen LogP) is 1.50. The second kappa shape index (κ2) is 4.41. The fourth-order valence-corrected chi connectivity index (χ4v) is 1.80. The molecule has 0 spiro atoms. The lowest BCUT2D eigenvalue weighted by molar-refractivity contribution is 0.102. The molecule has 1 aromatic carbocycles. The van der Waals surface area contributed by atoms with Crippen molar-refractivity contribution >= 4 is 22.8 Å². The molecule has 1 amide bonds. The highest BCUT2D eigenvalue weighted by Crippen LogP contribution is 2.11. The Morgan fingerprint density at radius 1 is 1.11 bits per heavy atom. The number of nitrogens with one attached hydrogen (secondary N) is 3. The van der Waals surface area contributed by atoms with E-state index >= 15 is 0 Å². The van der Waals surface area contributed by atoms with E-state index in [-0.39, 0.29) is 11.6 Å². The van der Waals surface area contributed by atoms with Crippen molar-refractivity contribution in [2.75, 3.05) is 5.32 Å². The van der Waals surface area contributed by atoms with Crippen molar-refractivity contribution in [3.8, 4) is 0 Å². The third-order valence-corrected chi connectivity index (χ3v) is 2.68. The summed E-state index contributed by atoms with van der Waals surface area (Å²) in [5.41, 5.74) is 1.42. The Kier molecular flexibility index (Phi) is 2.60. The van der Waals surface area contributed by atoms with Crippen molar-refractivity contribution in [2.24, 2.45) is 0 Å². The van der Waals surface area contributed by atoms with Gasteiger partial charge < -0.3 is 15.3 Å². The Labute approximate surface area is 107 Å². The van der Waals surface area contributed by atoms with Crippen LogP contribution >= 0.6 is 0 Å². The first kappa shape index (κ1) is 11.2. The minimum absolute atomic E-state index is 0.275. The molecule has 0 saturated heterocycles. The Morgan fingerprint density at radius 3 is 2.74 bits per heavy atom. The van der Waals surface area contributed by atoms with E-state index in [1.54, 1.807) is 42.6 Å². The van der Waals surface area contributed by atoms with Crippen LogP contribution in [0.1, 0.15) is 10.4 Å². The second-order valence-corrected chi connectivity index (χ2v) is 4.01. The van der Waals surface area contributed by atoms with E-state index in [2.05, 4.69) is 20.3 Å². The molecule has 0 unspecified atom stereocenters. The zero-order valence-electron chi connectivity index (χ0n) is 9.81. The summed E-state index contributed by atoms with van der Waals surface area (Å²) in [5.74, 6) is 0.206. The summed E-state index contributed by atoms with van der Waals surface area (Å²) in [6.45, 7) is 0. The van der Waals surface area contributed by atoms with Gasteiger partial charge in [0.25, 0.3) is 5.91 Å². The molecule has 0 fully saturated rings. The Balaban J connectivity index is 1.91. The van der Waals surface area contributed by atoms with Gasteiger partial charge >= 0.3 is 5.69 Å². The van der Waals surface area contributed by atoms with Gasteiger partial charge in [-0.05, 0) is 30.3 Å². The summed E-state index contributed by atoms with van der Waals surface area (Å²) >= 11 is 0. The van der Waals surface area contributed by atoms with E-state index in [1.807, 2.05) is 0 Å². The molecule has 0 aliphatic rings. The molecule has 2 aromatic heterocycles. The molecule has 6 nitrogen and oxygen atoms in total. The van der Waals surface area contributed by atoms with Crippen molar-refractivity contribution in [1.29, 1.82) is 0 Å². The van der Waals surface area contributed by atoms with Crippen LogP contribution in [-0.2, 0) is 0 Å². The molecule has 94 valence electrons. The lowest BCUT2D eigenvalue weighted by atomic mass is 10.2. The molecule has 0 aliphatic heterocycles. The Hall–Kier alpha value is -2.89. The SMILES string of the molecule is O=C(Nc1ccccn1)c1ccc2[nH]c(=O)[nH]c2c1. The van der Waals surface area contributed by atoms with Gasteiger partial charge in [0.2, 0.25) is 0 Å². The number of hydrogen-bond acceptors (Lipinski definition) is 3. The number of H-pyrrole nitrogens is 2. The van der Waals surface area contributed by atoms with Gasteiger partial charge in [-0.15, -0.1) is 0 Å². The Morgan fingerprint density at radius 2 is 1.95 bits per heavy atom. The van der Waals surface area contributed by atoms with Crippen molar-refractivity contribution < 1.29 is 4.79 Å². The topological polar surface area (TPSA) is 90.6 Å². The quantitative estimate of drug-likeness (QED) is 0.647. The Bertz CT molecular complexity index is 789. The number of aromatic nitrogens is 3. The summed E-state index contributed by atoms with van der Waals surface area (Å²) < 4.78 is 0. The zero-order valence-corrected chi connectivity index (χ0v) is 9.81. The van der Waals surface area contributed by atoms with Crippen LogP contribution in [0.4, 0.5) is 5.82 Å². The van der Waals surface area contributed by atoms with E-state index in [0.717, 1.165) is 0 Å². The molecule has 19 heavy (non-hydrogen) atoms. The highest BCUT2D eigenvalue weighted by Gasteiger charge is 2.08. The van der Waals surface area contributed by atoms with Gasteiger partial charge in [0.1, 0.15) is 5.82 Å². The number of benzene rings is 1. The third-order valence-electron chi connectivity index (χ3n) is 2.68. The average Bonchev–Trinajstić information content (AvgIpc) is 2.78. The van der Waals surface area contributed by atoms with Crippen LogP contribution in [-0.4, -0.2) is 20.9 Å². The highest BCUT2D eigenvalue weighted by atomic mass is 16.2. The van der Waals surface area contributed by atoms with Gasteiger partial charge in [-0.2, -0.15) is 0 Å². The molecule has 0 bridgehead atoms. The number of imidazole rings is 1. The number of aromatic amines is 2. The molecule has 3 N–H and O–H groups in total. The minimum Gasteiger partial charge on any atom is -0.307 e. The molecular formula is C13H10N4O2. The number of amides is 1. The standard InChI is InChI=1S/C13H10N4O2/c18-12(17-11-3-1-2-6-14-11)8-4-5-9-10(7-8)16-13(19)15-9/h1-7H,(H,14,17,18)(H2,15,16,19). The number of nitrogens with zero attached hydrogens (tertiary/aromatic N) is 1. The van der Waals surface area contributed by atoms with E-state index in [1.165, 1.54) is 0 Å². The molecule has 0 saturated carbocycles. The van der Waals surface area contributed by atoms with E-state index in [9.17, 15) is 9.59 Å². The summed E-state index contributed by atoms with van der Waals surface area (Å²) in [4.78, 5) is 32.4. The second-order valence-electron chi connectivity index (χ2n) is 4.01. The zero-order chi connectivity index (χ0) is 13.2. The van der Waals surface area contributed by atoms with Gasteiger partial charge in [-0.3, -0.25) is 4.79 Å². The smallest absolute Gasteiger partial charge is 0.307 e. The van der Waals surface area contributed by atoms with E-state index in [4.69, 9.17) is 0 Å². The van der Waals surface area contributed by atoms with E-state index < -0.39 is 0 Å². The summed E-state index contributed by atoms with van der Waals surface area (Å²) in [6.07, 6.45) is 1.60. The highest BCUT2D eigenvalue weighted by molar-refractivity contribution is 6.05. The first-order valence-corrected chi connectivity index (χ1v) is 5.67. The minimum atomic E-state index is -0.294. The van der Waals surface area contributed by atoms with Crippen LogP contribution in [0.5, 0.6) is 0 Å². The van der Waals surface area contributed by atoms with Crippen LogP contribution in [0.3, 0.4) is 0 Å². The molecule has 0 aliphatic carbocycles. The van der Waals surface area contributed by atoms with Crippen LogP contribution in [0.15, 0.2) is 47.4 Å². The van der Waals surface area contributed by atoms with Crippen molar-refractivity contribution in [3.63, 3.8) is 0 Å². The van der Waals surface area contributed by atoms with Gasteiger partial charge in [0.15, 0.2) is 0 Å². The van der Waals surface area contributed by atoms with Crippen LogP contribution < -0.4 is 11.0 Å². The summed E-state index contributed by atoms with van der Waals surface area (Å²) in [5, 5.41) is 2.68. The molecule has 6 heteroatoms. The fourth-order valence-electron chi connectivity index (χ4n) is 1.80. The maximum Gasteiger partial charge on any atom is 0.323 e. The number of rotatable bonds is 2. The number of pyridine rings is 1. The normalized spacial score (nSPS) is 10.5. The lowest BCUT2D eigenvalue weighted by Gasteiger charge is -2.03. The maximum absolute atomic E-state index is 12.0. The van der Waals surface area contributed by atoms with Gasteiger partial charge in [0, 0.05) is 11.8 Å². The van der Waals surface area contributed by atoms with E-state index in [0.29, 0.717) is 22.4 Å². The van der Waals surface area contributed by atoms with Crippen molar-refractivity contribution in [3.05, 3.63) is 58.6 Å². The molecule has 0 radical (unpaired) electrons. The number of carbonyl (C=O) groups excluding carboxylic acids is 1. The van der Waals surface area contributed by atoms with Crippen LogP contribution in [0.25, 0.3) is 11.0 Å². The van der Waals surface area contributed by atoms with Gasteiger partial charge in [-0.25, -0.2) is 9.78 Å². The number of hydrogen-bond donors (Lipinski definition) is 3. The molecule has 0 atom stereocenters. The molecule has 2 heterocycles. The summed E-state index contributed by atoms with van der Waals surface area (Å²) in [6, 6.07) is 10.2. The first-order chi connectivity index (χ1) is 9.22. The van der Waals surface area contributed by atoms with Crippen molar-refractivity contribution in [1.82, 2.24) is 15.0 Å². The maximum atomic E-state index is 12.0. The van der Waals surface area contributed by atoms with Gasteiger partial charge in [0.05, 0.1) is 11.0 Å². The molecular weight excluding hydrogens is 244 g/mol. The van der Waals surface area contributed by atoms with Crippen LogP contribution in [0, 0.1) is 0 Å². The molecule has 3 rings (SSSR count).